The normalized spacial score (nSPS) is 16.7. The molecule has 2 heterocycles. The van der Waals surface area contributed by atoms with Crippen LogP contribution in [0.3, 0.4) is 0 Å². The molecule has 0 aromatic carbocycles. The van der Waals surface area contributed by atoms with Crippen LogP contribution in [0.4, 0.5) is 11.6 Å². The van der Waals surface area contributed by atoms with Gasteiger partial charge in [0, 0.05) is 52.4 Å². The fourth-order valence-corrected chi connectivity index (χ4v) is 2.18. The highest BCUT2D eigenvalue weighted by Crippen LogP contribution is 2.17. The molecule has 0 amide bonds. The van der Waals surface area contributed by atoms with Crippen molar-refractivity contribution in [3.8, 4) is 0 Å². The van der Waals surface area contributed by atoms with E-state index >= 15 is 0 Å². The minimum Gasteiger partial charge on any atom is -0.396 e. The number of aliphatic hydroxyl groups excluding tert-OH is 1. The molecular formula is C13H23N5O. The molecule has 0 bridgehead atoms. The van der Waals surface area contributed by atoms with E-state index in [0.29, 0.717) is 0 Å². The highest BCUT2D eigenvalue weighted by Gasteiger charge is 2.16. The van der Waals surface area contributed by atoms with E-state index in [1.807, 2.05) is 13.1 Å². The van der Waals surface area contributed by atoms with Crippen LogP contribution >= 0.6 is 0 Å². The third kappa shape index (κ3) is 3.78. The maximum absolute atomic E-state index is 8.87. The first-order valence-electron chi connectivity index (χ1n) is 6.78. The predicted molar refractivity (Wildman–Crippen MR) is 76.7 cm³/mol. The molecule has 106 valence electrons. The van der Waals surface area contributed by atoms with Crippen LogP contribution in [0.1, 0.15) is 6.42 Å². The van der Waals surface area contributed by atoms with Gasteiger partial charge in [-0.3, -0.25) is 0 Å². The van der Waals surface area contributed by atoms with Gasteiger partial charge in [0.15, 0.2) is 0 Å². The van der Waals surface area contributed by atoms with Gasteiger partial charge < -0.3 is 19.8 Å². The number of piperazine rings is 1. The van der Waals surface area contributed by atoms with Gasteiger partial charge in [0.1, 0.15) is 18.0 Å². The minimum absolute atomic E-state index is 0.209. The molecule has 1 aromatic rings. The van der Waals surface area contributed by atoms with E-state index in [1.165, 1.54) is 0 Å². The second-order valence-electron chi connectivity index (χ2n) is 5.02. The summed E-state index contributed by atoms with van der Waals surface area (Å²) in [6, 6.07) is 2.03. The summed E-state index contributed by atoms with van der Waals surface area (Å²) in [5, 5.41) is 8.87. The lowest BCUT2D eigenvalue weighted by Crippen LogP contribution is -2.44. The van der Waals surface area contributed by atoms with Gasteiger partial charge in [0.25, 0.3) is 0 Å². The van der Waals surface area contributed by atoms with E-state index in [2.05, 4.69) is 31.7 Å². The van der Waals surface area contributed by atoms with Crippen LogP contribution < -0.4 is 9.80 Å². The maximum Gasteiger partial charge on any atom is 0.134 e. The summed E-state index contributed by atoms with van der Waals surface area (Å²) in [5.74, 6) is 1.91. The third-order valence-electron chi connectivity index (χ3n) is 3.51. The first-order valence-corrected chi connectivity index (χ1v) is 6.78. The monoisotopic (exact) mass is 265 g/mol. The van der Waals surface area contributed by atoms with E-state index in [1.54, 1.807) is 6.33 Å². The largest absolute Gasteiger partial charge is 0.396 e. The Labute approximate surface area is 114 Å². The van der Waals surface area contributed by atoms with Crippen LogP contribution in [0.2, 0.25) is 0 Å². The molecular weight excluding hydrogens is 242 g/mol. The molecule has 6 heteroatoms. The molecule has 2 rings (SSSR count). The van der Waals surface area contributed by atoms with Crippen LogP contribution in [0.25, 0.3) is 0 Å². The summed E-state index contributed by atoms with van der Waals surface area (Å²) in [6.07, 6.45) is 2.38. The second-order valence-corrected chi connectivity index (χ2v) is 5.02. The molecule has 0 spiro atoms. The first kappa shape index (κ1) is 14.0. The number of aromatic nitrogens is 2. The van der Waals surface area contributed by atoms with Gasteiger partial charge in [-0.1, -0.05) is 0 Å². The molecule has 19 heavy (non-hydrogen) atoms. The van der Waals surface area contributed by atoms with Crippen molar-refractivity contribution in [2.75, 3.05) is 63.2 Å². The van der Waals surface area contributed by atoms with Crippen molar-refractivity contribution >= 4 is 11.6 Å². The molecule has 1 fully saturated rings. The molecule has 1 aliphatic rings. The van der Waals surface area contributed by atoms with Gasteiger partial charge in [-0.2, -0.15) is 0 Å². The lowest BCUT2D eigenvalue weighted by Gasteiger charge is -2.33. The molecule has 1 N–H and O–H groups in total. The van der Waals surface area contributed by atoms with Gasteiger partial charge in [-0.25, -0.2) is 9.97 Å². The highest BCUT2D eigenvalue weighted by molar-refractivity contribution is 5.49. The number of likely N-dealkylation sites (N-methyl/N-ethyl adjacent to an activating group) is 1. The Morgan fingerprint density at radius 1 is 1.26 bits per heavy atom. The molecule has 0 atom stereocenters. The first-order chi connectivity index (χ1) is 9.20. The average molecular weight is 265 g/mol. The van der Waals surface area contributed by atoms with E-state index < -0.39 is 0 Å². The molecule has 0 aliphatic carbocycles. The van der Waals surface area contributed by atoms with Crippen LogP contribution in [0.5, 0.6) is 0 Å². The number of nitrogens with zero attached hydrogens (tertiary/aromatic N) is 5. The molecule has 0 unspecified atom stereocenters. The summed E-state index contributed by atoms with van der Waals surface area (Å²) < 4.78 is 0. The third-order valence-corrected chi connectivity index (χ3v) is 3.51. The van der Waals surface area contributed by atoms with Gasteiger partial charge in [-0.05, 0) is 13.5 Å². The summed E-state index contributed by atoms with van der Waals surface area (Å²) in [5.41, 5.74) is 0. The summed E-state index contributed by atoms with van der Waals surface area (Å²) in [6.45, 7) is 5.16. The predicted octanol–water partition coefficient (Wildman–Crippen LogP) is 0.0470. The molecule has 0 radical (unpaired) electrons. The van der Waals surface area contributed by atoms with E-state index in [0.717, 1.165) is 50.8 Å². The van der Waals surface area contributed by atoms with Crippen molar-refractivity contribution in [2.24, 2.45) is 0 Å². The van der Waals surface area contributed by atoms with Gasteiger partial charge in [-0.15, -0.1) is 0 Å². The zero-order chi connectivity index (χ0) is 13.7. The van der Waals surface area contributed by atoms with Crippen molar-refractivity contribution in [3.05, 3.63) is 12.4 Å². The second kappa shape index (κ2) is 6.68. The molecule has 1 aromatic heterocycles. The number of hydrogen-bond donors (Lipinski definition) is 1. The summed E-state index contributed by atoms with van der Waals surface area (Å²) >= 11 is 0. The minimum atomic E-state index is 0.209. The zero-order valence-corrected chi connectivity index (χ0v) is 11.8. The Bertz CT molecular complexity index is 392. The Morgan fingerprint density at radius 2 is 2.00 bits per heavy atom. The van der Waals surface area contributed by atoms with E-state index in [9.17, 15) is 0 Å². The number of hydrogen-bond acceptors (Lipinski definition) is 6. The number of rotatable bonds is 5. The molecule has 0 saturated carbocycles. The fourth-order valence-electron chi connectivity index (χ4n) is 2.18. The lowest BCUT2D eigenvalue weighted by molar-refractivity contribution is 0.290. The number of anilines is 2. The van der Waals surface area contributed by atoms with Gasteiger partial charge in [0.2, 0.25) is 0 Å². The Morgan fingerprint density at radius 3 is 2.68 bits per heavy atom. The quantitative estimate of drug-likeness (QED) is 0.812. The summed E-state index contributed by atoms with van der Waals surface area (Å²) in [4.78, 5) is 15.3. The highest BCUT2D eigenvalue weighted by atomic mass is 16.3. The van der Waals surface area contributed by atoms with E-state index in [-0.39, 0.29) is 6.61 Å². The van der Waals surface area contributed by atoms with Crippen LogP contribution in [-0.4, -0.2) is 73.4 Å². The van der Waals surface area contributed by atoms with Gasteiger partial charge in [0.05, 0.1) is 0 Å². The van der Waals surface area contributed by atoms with Crippen molar-refractivity contribution in [2.45, 2.75) is 6.42 Å². The Hall–Kier alpha value is -1.40. The Balaban J connectivity index is 2.02. The lowest BCUT2D eigenvalue weighted by atomic mass is 10.3. The topological polar surface area (TPSA) is 55.7 Å². The van der Waals surface area contributed by atoms with Crippen molar-refractivity contribution < 1.29 is 5.11 Å². The smallest absolute Gasteiger partial charge is 0.134 e. The maximum atomic E-state index is 8.87. The molecule has 1 saturated heterocycles. The summed E-state index contributed by atoms with van der Waals surface area (Å²) in [7, 11) is 4.14. The van der Waals surface area contributed by atoms with Crippen molar-refractivity contribution in [1.29, 1.82) is 0 Å². The van der Waals surface area contributed by atoms with Crippen molar-refractivity contribution in [1.82, 2.24) is 14.9 Å². The zero-order valence-electron chi connectivity index (χ0n) is 11.8. The van der Waals surface area contributed by atoms with Crippen LogP contribution in [0.15, 0.2) is 12.4 Å². The Kier molecular flexibility index (Phi) is 4.93. The number of aliphatic hydroxyl groups is 1. The van der Waals surface area contributed by atoms with Crippen LogP contribution in [-0.2, 0) is 0 Å². The van der Waals surface area contributed by atoms with E-state index in [4.69, 9.17) is 5.11 Å². The molecule has 6 nitrogen and oxygen atoms in total. The van der Waals surface area contributed by atoms with Crippen molar-refractivity contribution in [3.63, 3.8) is 0 Å². The molecule has 1 aliphatic heterocycles. The van der Waals surface area contributed by atoms with Gasteiger partial charge >= 0.3 is 0 Å². The van der Waals surface area contributed by atoms with Crippen LogP contribution in [0, 0.1) is 0 Å². The fraction of sp³-hybridized carbons (Fsp3) is 0.692. The average Bonchev–Trinajstić information content (AvgIpc) is 2.45. The standard InChI is InChI=1S/C13H23N5O/c1-16-5-7-18(8-6-16)13-10-12(14-11-15-13)17(2)4-3-9-19/h10-11,19H,3-9H2,1-2H3. The SMILES string of the molecule is CN1CCN(c2cc(N(C)CCCO)ncn2)CC1.